The van der Waals surface area contributed by atoms with Crippen LogP contribution in [-0.4, -0.2) is 13.1 Å². The highest BCUT2D eigenvalue weighted by atomic mass is 14.9. The third-order valence-corrected chi connectivity index (χ3v) is 3.57. The largest absolute Gasteiger partial charge is 0.316 e. The van der Waals surface area contributed by atoms with E-state index in [0.29, 0.717) is 10.8 Å². The zero-order valence-electron chi connectivity index (χ0n) is 10.6. The summed E-state index contributed by atoms with van der Waals surface area (Å²) in [6.07, 6.45) is 4.30. The molecule has 0 aromatic rings. The summed E-state index contributed by atoms with van der Waals surface area (Å²) in [5.41, 5.74) is 1.14. The van der Waals surface area contributed by atoms with E-state index in [0.717, 1.165) is 12.5 Å². The first-order valence-electron chi connectivity index (χ1n) is 6.06. The summed E-state index contributed by atoms with van der Waals surface area (Å²) in [5.74, 6) is 0.874. The first-order valence-corrected chi connectivity index (χ1v) is 6.06. The molecule has 0 saturated heterocycles. The second kappa shape index (κ2) is 4.22. The highest BCUT2D eigenvalue weighted by Gasteiger charge is 2.44. The van der Waals surface area contributed by atoms with Crippen molar-refractivity contribution in [2.45, 2.75) is 53.9 Å². The Kier molecular flexibility index (Phi) is 3.63. The van der Waals surface area contributed by atoms with Crippen LogP contribution in [-0.2, 0) is 0 Å². The summed E-state index contributed by atoms with van der Waals surface area (Å²) in [6.45, 7) is 13.9. The van der Waals surface area contributed by atoms with Crippen LogP contribution in [0.2, 0.25) is 0 Å². The monoisotopic (exact) mass is 197 g/mol. The Morgan fingerprint density at radius 2 is 1.79 bits per heavy atom. The van der Waals surface area contributed by atoms with Crippen molar-refractivity contribution in [1.29, 1.82) is 0 Å². The van der Waals surface area contributed by atoms with Crippen LogP contribution in [0, 0.1) is 16.7 Å². The van der Waals surface area contributed by atoms with Crippen LogP contribution in [0.3, 0.4) is 0 Å². The van der Waals surface area contributed by atoms with Crippen molar-refractivity contribution in [3.05, 3.63) is 0 Å². The Morgan fingerprint density at radius 1 is 1.21 bits per heavy atom. The molecular formula is C13H27N. The van der Waals surface area contributed by atoms with E-state index in [2.05, 4.69) is 39.9 Å². The standard InChI is InChI=1S/C13H27N/c1-11(2)13(6-7-13)8-9-14-10-12(3,4)5/h11,14H,6-10H2,1-5H3. The van der Waals surface area contributed by atoms with E-state index >= 15 is 0 Å². The van der Waals surface area contributed by atoms with Crippen LogP contribution in [0.25, 0.3) is 0 Å². The molecule has 0 unspecified atom stereocenters. The second-order valence-electron chi connectivity index (χ2n) is 6.50. The smallest absolute Gasteiger partial charge is 0.0000122 e. The lowest BCUT2D eigenvalue weighted by atomic mass is 9.89. The van der Waals surface area contributed by atoms with Crippen molar-refractivity contribution in [2.75, 3.05) is 13.1 Å². The normalized spacial score (nSPS) is 20.1. The molecule has 0 heterocycles. The Balaban J connectivity index is 2.10. The third-order valence-electron chi connectivity index (χ3n) is 3.57. The molecule has 0 amide bonds. The van der Waals surface area contributed by atoms with Gasteiger partial charge in [0.15, 0.2) is 0 Å². The topological polar surface area (TPSA) is 12.0 Å². The molecule has 1 nitrogen and oxygen atoms in total. The van der Waals surface area contributed by atoms with Gasteiger partial charge in [-0.3, -0.25) is 0 Å². The van der Waals surface area contributed by atoms with Gasteiger partial charge in [0.05, 0.1) is 0 Å². The second-order valence-corrected chi connectivity index (χ2v) is 6.50. The molecule has 1 N–H and O–H groups in total. The van der Waals surface area contributed by atoms with Gasteiger partial charge in [-0.05, 0) is 49.1 Å². The van der Waals surface area contributed by atoms with E-state index in [1.807, 2.05) is 0 Å². The molecule has 14 heavy (non-hydrogen) atoms. The Bertz CT molecular complexity index is 172. The average Bonchev–Trinajstić information content (AvgIpc) is 2.77. The van der Waals surface area contributed by atoms with Crippen molar-refractivity contribution in [3.63, 3.8) is 0 Å². The summed E-state index contributed by atoms with van der Waals surface area (Å²) in [7, 11) is 0. The lowest BCUT2D eigenvalue weighted by Gasteiger charge is -2.22. The maximum atomic E-state index is 3.58. The average molecular weight is 197 g/mol. The molecule has 1 rings (SSSR count). The highest BCUT2D eigenvalue weighted by molar-refractivity contribution is 4.95. The molecule has 1 aliphatic carbocycles. The van der Waals surface area contributed by atoms with Crippen molar-refractivity contribution < 1.29 is 0 Å². The van der Waals surface area contributed by atoms with E-state index in [-0.39, 0.29) is 0 Å². The fourth-order valence-electron chi connectivity index (χ4n) is 2.08. The first kappa shape index (κ1) is 12.0. The van der Waals surface area contributed by atoms with Gasteiger partial charge in [-0.1, -0.05) is 34.6 Å². The maximum absolute atomic E-state index is 3.58. The van der Waals surface area contributed by atoms with Crippen LogP contribution < -0.4 is 5.32 Å². The lowest BCUT2D eigenvalue weighted by molar-refractivity contribution is 0.310. The molecule has 0 aromatic heterocycles. The van der Waals surface area contributed by atoms with Gasteiger partial charge in [-0.2, -0.15) is 0 Å². The van der Waals surface area contributed by atoms with Crippen molar-refractivity contribution in [1.82, 2.24) is 5.32 Å². The number of nitrogens with one attached hydrogen (secondary N) is 1. The molecule has 1 heteroatoms. The van der Waals surface area contributed by atoms with Crippen LogP contribution >= 0.6 is 0 Å². The molecular weight excluding hydrogens is 170 g/mol. The van der Waals surface area contributed by atoms with Gasteiger partial charge in [0.25, 0.3) is 0 Å². The molecule has 1 saturated carbocycles. The SMILES string of the molecule is CC(C)C1(CCNCC(C)(C)C)CC1. The molecule has 0 bridgehead atoms. The number of hydrogen-bond donors (Lipinski definition) is 1. The molecule has 0 spiro atoms. The fourth-order valence-corrected chi connectivity index (χ4v) is 2.08. The van der Waals surface area contributed by atoms with Gasteiger partial charge in [0, 0.05) is 0 Å². The van der Waals surface area contributed by atoms with Gasteiger partial charge in [0.2, 0.25) is 0 Å². The van der Waals surface area contributed by atoms with Crippen LogP contribution in [0.4, 0.5) is 0 Å². The lowest BCUT2D eigenvalue weighted by Crippen LogP contribution is -2.29. The third kappa shape index (κ3) is 3.61. The quantitative estimate of drug-likeness (QED) is 0.666. The van der Waals surface area contributed by atoms with E-state index < -0.39 is 0 Å². The molecule has 0 radical (unpaired) electrons. The van der Waals surface area contributed by atoms with Gasteiger partial charge < -0.3 is 5.32 Å². The van der Waals surface area contributed by atoms with Crippen LogP contribution in [0.1, 0.15) is 53.9 Å². The summed E-state index contributed by atoms with van der Waals surface area (Å²) < 4.78 is 0. The summed E-state index contributed by atoms with van der Waals surface area (Å²) in [5, 5.41) is 3.58. The van der Waals surface area contributed by atoms with Gasteiger partial charge in [-0.15, -0.1) is 0 Å². The molecule has 0 aromatic carbocycles. The predicted molar refractivity (Wildman–Crippen MR) is 63.4 cm³/mol. The first-order chi connectivity index (χ1) is 6.36. The van der Waals surface area contributed by atoms with Crippen molar-refractivity contribution in [2.24, 2.45) is 16.7 Å². The molecule has 1 aliphatic rings. The van der Waals surface area contributed by atoms with E-state index in [4.69, 9.17) is 0 Å². The minimum atomic E-state index is 0.425. The number of rotatable bonds is 5. The highest BCUT2D eigenvalue weighted by Crippen LogP contribution is 2.54. The molecule has 84 valence electrons. The van der Waals surface area contributed by atoms with Crippen LogP contribution in [0.15, 0.2) is 0 Å². The maximum Gasteiger partial charge on any atom is -0.0000122 e. The Morgan fingerprint density at radius 3 is 2.14 bits per heavy atom. The fraction of sp³-hybridized carbons (Fsp3) is 1.00. The van der Waals surface area contributed by atoms with Crippen LogP contribution in [0.5, 0.6) is 0 Å². The van der Waals surface area contributed by atoms with Gasteiger partial charge in [-0.25, -0.2) is 0 Å². The van der Waals surface area contributed by atoms with Crippen molar-refractivity contribution in [3.8, 4) is 0 Å². The minimum Gasteiger partial charge on any atom is -0.316 e. The molecule has 0 aliphatic heterocycles. The zero-order chi connectivity index (χ0) is 10.8. The van der Waals surface area contributed by atoms with Crippen molar-refractivity contribution >= 4 is 0 Å². The van der Waals surface area contributed by atoms with Gasteiger partial charge >= 0.3 is 0 Å². The minimum absolute atomic E-state index is 0.425. The van der Waals surface area contributed by atoms with Gasteiger partial charge in [0.1, 0.15) is 0 Å². The predicted octanol–water partition coefficient (Wildman–Crippen LogP) is 3.45. The Labute approximate surface area is 89.7 Å². The zero-order valence-corrected chi connectivity index (χ0v) is 10.6. The Hall–Kier alpha value is -0.0400. The van der Waals surface area contributed by atoms with E-state index in [1.165, 1.54) is 25.8 Å². The van der Waals surface area contributed by atoms with E-state index in [1.54, 1.807) is 0 Å². The summed E-state index contributed by atoms with van der Waals surface area (Å²) in [4.78, 5) is 0. The molecule has 1 fully saturated rings. The van der Waals surface area contributed by atoms with E-state index in [9.17, 15) is 0 Å². The number of hydrogen-bond acceptors (Lipinski definition) is 1. The molecule has 0 atom stereocenters. The summed E-state index contributed by atoms with van der Waals surface area (Å²) >= 11 is 0. The summed E-state index contributed by atoms with van der Waals surface area (Å²) in [6, 6.07) is 0.